The van der Waals surface area contributed by atoms with Crippen molar-refractivity contribution in [3.63, 3.8) is 0 Å². The van der Waals surface area contributed by atoms with Crippen molar-refractivity contribution in [2.75, 3.05) is 24.4 Å². The van der Waals surface area contributed by atoms with Gasteiger partial charge < -0.3 is 15.4 Å². The van der Waals surface area contributed by atoms with Crippen LogP contribution in [0.4, 0.5) is 10.1 Å². The number of benzene rings is 2. The fourth-order valence-corrected chi connectivity index (χ4v) is 4.29. The molecule has 0 saturated carbocycles. The van der Waals surface area contributed by atoms with Gasteiger partial charge in [0.25, 0.3) is 5.91 Å². The van der Waals surface area contributed by atoms with E-state index in [-0.39, 0.29) is 23.5 Å². The monoisotopic (exact) mass is 416 g/mol. The Hall–Kier alpha value is -2.94. The standard InChI is InChI=1S/C20H21FN4O3S/c21-15-8-6-14(7-9-15)20(26)25-10-2-3-13(11-25)12-28-17-5-1-4-16-18(17)19(22)24-29(27)23-16/h1,4-9,13,23H,2-3,10-12H2,(H2,22,24). The minimum absolute atomic E-state index is 0.102. The predicted molar refractivity (Wildman–Crippen MR) is 109 cm³/mol. The third-order valence-electron chi connectivity index (χ3n) is 5.03. The highest BCUT2D eigenvalue weighted by Gasteiger charge is 2.26. The summed E-state index contributed by atoms with van der Waals surface area (Å²) in [4.78, 5) is 14.5. The Morgan fingerprint density at radius 2 is 2.10 bits per heavy atom. The van der Waals surface area contributed by atoms with E-state index >= 15 is 0 Å². The van der Waals surface area contributed by atoms with Crippen LogP contribution in [-0.4, -0.2) is 40.5 Å². The highest BCUT2D eigenvalue weighted by molar-refractivity contribution is 7.85. The molecule has 0 spiro atoms. The van der Waals surface area contributed by atoms with Crippen molar-refractivity contribution in [2.24, 2.45) is 16.0 Å². The Kier molecular flexibility index (Phi) is 5.48. The van der Waals surface area contributed by atoms with Crippen LogP contribution in [0.2, 0.25) is 0 Å². The number of amides is 1. The van der Waals surface area contributed by atoms with Gasteiger partial charge >= 0.3 is 0 Å². The fourth-order valence-electron chi connectivity index (χ4n) is 3.62. The quantitative estimate of drug-likeness (QED) is 0.800. The van der Waals surface area contributed by atoms with Gasteiger partial charge in [-0.05, 0) is 49.2 Å². The number of fused-ring (bicyclic) bond motifs is 1. The number of anilines is 1. The van der Waals surface area contributed by atoms with Crippen LogP contribution >= 0.6 is 0 Å². The summed E-state index contributed by atoms with van der Waals surface area (Å²) >= 11 is -1.59. The van der Waals surface area contributed by atoms with E-state index in [0.29, 0.717) is 42.3 Å². The molecule has 2 heterocycles. The second kappa shape index (κ2) is 8.20. The van der Waals surface area contributed by atoms with Gasteiger partial charge in [-0.3, -0.25) is 9.52 Å². The predicted octanol–water partition coefficient (Wildman–Crippen LogP) is 2.47. The molecule has 7 nitrogen and oxygen atoms in total. The number of ether oxygens (including phenoxy) is 1. The molecule has 1 fully saturated rings. The number of nitrogens with two attached hydrogens (primary N) is 1. The van der Waals surface area contributed by atoms with E-state index in [9.17, 15) is 13.4 Å². The second-order valence-corrected chi connectivity index (χ2v) is 7.97. The molecule has 2 aliphatic rings. The zero-order valence-electron chi connectivity index (χ0n) is 15.6. The van der Waals surface area contributed by atoms with Crippen LogP contribution in [0.1, 0.15) is 28.8 Å². The highest BCUT2D eigenvalue weighted by Crippen LogP contribution is 2.30. The summed E-state index contributed by atoms with van der Waals surface area (Å²) in [6.45, 7) is 1.65. The first kappa shape index (κ1) is 19.4. The summed E-state index contributed by atoms with van der Waals surface area (Å²) in [7, 11) is 0. The highest BCUT2D eigenvalue weighted by atomic mass is 32.2. The van der Waals surface area contributed by atoms with Crippen LogP contribution in [-0.2, 0) is 11.2 Å². The van der Waals surface area contributed by atoms with Crippen molar-refractivity contribution < 1.29 is 18.1 Å². The van der Waals surface area contributed by atoms with E-state index in [1.54, 1.807) is 23.1 Å². The molecule has 1 amide bonds. The first-order valence-electron chi connectivity index (χ1n) is 9.35. The molecule has 0 radical (unpaired) electrons. The zero-order valence-corrected chi connectivity index (χ0v) is 16.5. The maximum atomic E-state index is 13.1. The summed E-state index contributed by atoms with van der Waals surface area (Å²) < 4.78 is 37.3. The normalized spacial score (nSPS) is 21.0. The minimum Gasteiger partial charge on any atom is -0.492 e. The number of amidine groups is 1. The average molecular weight is 416 g/mol. The van der Waals surface area contributed by atoms with Crippen molar-refractivity contribution >= 4 is 28.6 Å². The van der Waals surface area contributed by atoms with E-state index in [0.717, 1.165) is 12.8 Å². The van der Waals surface area contributed by atoms with E-state index in [1.165, 1.54) is 24.3 Å². The number of carbonyl (C=O) groups excluding carboxylic acids is 1. The number of piperidine rings is 1. The van der Waals surface area contributed by atoms with E-state index < -0.39 is 11.2 Å². The van der Waals surface area contributed by atoms with Crippen LogP contribution in [0.5, 0.6) is 5.75 Å². The average Bonchev–Trinajstić information content (AvgIpc) is 2.72. The van der Waals surface area contributed by atoms with Gasteiger partial charge in [0.1, 0.15) is 17.4 Å². The first-order chi connectivity index (χ1) is 14.0. The smallest absolute Gasteiger partial charge is 0.253 e. The van der Waals surface area contributed by atoms with Gasteiger partial charge in [0.05, 0.1) is 17.9 Å². The van der Waals surface area contributed by atoms with E-state index in [4.69, 9.17) is 10.5 Å². The van der Waals surface area contributed by atoms with Gasteiger partial charge in [-0.15, -0.1) is 0 Å². The topological polar surface area (TPSA) is 97.0 Å². The Bertz CT molecular complexity index is 980. The van der Waals surface area contributed by atoms with Crippen molar-refractivity contribution in [1.82, 2.24) is 4.90 Å². The molecule has 0 aromatic heterocycles. The number of nitrogens with one attached hydrogen (secondary N) is 1. The van der Waals surface area contributed by atoms with E-state index in [2.05, 4.69) is 9.12 Å². The molecule has 1 saturated heterocycles. The number of nitrogens with zero attached hydrogens (tertiary/aromatic N) is 2. The molecule has 0 aliphatic carbocycles. The number of hydrogen-bond donors (Lipinski definition) is 2. The van der Waals surface area contributed by atoms with Crippen molar-refractivity contribution in [3.8, 4) is 5.75 Å². The number of hydrogen-bond acceptors (Lipinski definition) is 4. The molecule has 2 aromatic carbocycles. The van der Waals surface area contributed by atoms with Gasteiger partial charge in [-0.25, -0.2) is 8.60 Å². The van der Waals surface area contributed by atoms with Gasteiger partial charge in [0, 0.05) is 24.6 Å². The molecule has 2 aliphatic heterocycles. The van der Waals surface area contributed by atoms with Gasteiger partial charge in [0.2, 0.25) is 11.2 Å². The van der Waals surface area contributed by atoms with Crippen molar-refractivity contribution in [1.29, 1.82) is 0 Å². The molecule has 0 bridgehead atoms. The van der Waals surface area contributed by atoms with Gasteiger partial charge in [0.15, 0.2) is 0 Å². The van der Waals surface area contributed by atoms with Gasteiger partial charge in [-0.1, -0.05) is 6.07 Å². The maximum absolute atomic E-state index is 13.1. The summed E-state index contributed by atoms with van der Waals surface area (Å²) in [5.41, 5.74) is 7.64. The molecule has 29 heavy (non-hydrogen) atoms. The number of likely N-dealkylation sites (tertiary alicyclic amines) is 1. The SMILES string of the molecule is NC1=NS(=O)Nc2cccc(OCC3CCCN(C(=O)c4ccc(F)cc4)C3)c21. The van der Waals surface area contributed by atoms with Crippen molar-refractivity contribution in [3.05, 3.63) is 59.4 Å². The zero-order chi connectivity index (χ0) is 20.4. The molecular formula is C20H21FN4O3S. The number of rotatable bonds is 4. The largest absolute Gasteiger partial charge is 0.492 e. The summed E-state index contributed by atoms with van der Waals surface area (Å²) in [5, 5.41) is 0. The summed E-state index contributed by atoms with van der Waals surface area (Å²) in [6.07, 6.45) is 1.81. The Labute approximate surface area is 170 Å². The third kappa shape index (κ3) is 4.24. The fraction of sp³-hybridized carbons (Fsp3) is 0.300. The van der Waals surface area contributed by atoms with Crippen molar-refractivity contribution in [2.45, 2.75) is 12.8 Å². The van der Waals surface area contributed by atoms with Crippen LogP contribution in [0, 0.1) is 11.7 Å². The van der Waals surface area contributed by atoms with Crippen LogP contribution < -0.4 is 15.2 Å². The number of carbonyl (C=O) groups is 1. The molecule has 4 rings (SSSR count). The molecule has 9 heteroatoms. The Balaban J connectivity index is 1.42. The van der Waals surface area contributed by atoms with E-state index in [1.807, 2.05) is 0 Å². The van der Waals surface area contributed by atoms with Gasteiger partial charge in [-0.2, -0.15) is 4.40 Å². The maximum Gasteiger partial charge on any atom is 0.253 e. The molecule has 2 aromatic rings. The van der Waals surface area contributed by atoms with Crippen LogP contribution in [0.15, 0.2) is 46.9 Å². The molecule has 3 N–H and O–H groups in total. The lowest BCUT2D eigenvalue weighted by molar-refractivity contribution is 0.0633. The molecule has 2 atom stereocenters. The lowest BCUT2D eigenvalue weighted by Gasteiger charge is -2.33. The Morgan fingerprint density at radius 3 is 2.90 bits per heavy atom. The minimum atomic E-state index is -1.59. The van der Waals surface area contributed by atoms with Crippen LogP contribution in [0.25, 0.3) is 0 Å². The molecular weight excluding hydrogens is 395 g/mol. The Morgan fingerprint density at radius 1 is 1.31 bits per heavy atom. The summed E-state index contributed by atoms with van der Waals surface area (Å²) in [6, 6.07) is 11.0. The lowest BCUT2D eigenvalue weighted by Crippen LogP contribution is -2.41. The lowest BCUT2D eigenvalue weighted by atomic mass is 9.98. The molecule has 2 unspecified atom stereocenters. The molecule has 152 valence electrons. The number of halogens is 1. The van der Waals surface area contributed by atoms with Crippen LogP contribution in [0.3, 0.4) is 0 Å². The third-order valence-corrected chi connectivity index (χ3v) is 5.79. The summed E-state index contributed by atoms with van der Waals surface area (Å²) in [5.74, 6) is 0.431. The second-order valence-electron chi connectivity index (χ2n) is 7.08. The first-order valence-corrected chi connectivity index (χ1v) is 10.5.